The molecule has 2 heterocycles. The second-order valence-electron chi connectivity index (χ2n) is 5.09. The lowest BCUT2D eigenvalue weighted by Crippen LogP contribution is -2.46. The molecule has 0 radical (unpaired) electrons. The normalized spacial score (nSPS) is 26.5. The van der Waals surface area contributed by atoms with Crippen LogP contribution in [0, 0.1) is 0 Å². The quantitative estimate of drug-likeness (QED) is 0.910. The Labute approximate surface area is 115 Å². The van der Waals surface area contributed by atoms with Crippen molar-refractivity contribution in [2.45, 2.75) is 31.0 Å². The molecule has 0 bridgehead atoms. The number of amides is 1. The highest BCUT2D eigenvalue weighted by Gasteiger charge is 2.47. The zero-order valence-electron chi connectivity index (χ0n) is 10.3. The molecule has 7 heteroatoms. The molecule has 1 atom stereocenters. The van der Waals surface area contributed by atoms with Crippen LogP contribution in [0.4, 0.5) is 10.3 Å². The fourth-order valence-corrected chi connectivity index (χ4v) is 2.24. The Bertz CT molecular complexity index is 493. The molecule has 1 aliphatic heterocycles. The number of anilines is 1. The summed E-state index contributed by atoms with van der Waals surface area (Å²) in [6.45, 7) is 0.420. The molecule has 1 amide bonds. The number of hydrogen-bond acceptors (Lipinski definition) is 4. The summed E-state index contributed by atoms with van der Waals surface area (Å²) >= 11 is 5.71. The number of carbonyl (C=O) groups is 1. The minimum atomic E-state index is -1.84. The Hall–Kier alpha value is -1.43. The molecule has 1 saturated heterocycles. The van der Waals surface area contributed by atoms with Gasteiger partial charge in [-0.2, -0.15) is 0 Å². The van der Waals surface area contributed by atoms with Crippen LogP contribution in [0.15, 0.2) is 12.4 Å². The molecule has 102 valence electrons. The van der Waals surface area contributed by atoms with Gasteiger partial charge in [0.2, 0.25) is 11.6 Å². The molecule has 1 unspecified atom stereocenters. The van der Waals surface area contributed by atoms with Crippen LogP contribution < -0.4 is 10.2 Å². The molecule has 1 aromatic rings. The van der Waals surface area contributed by atoms with Gasteiger partial charge in [0.1, 0.15) is 0 Å². The average molecular weight is 285 g/mol. The largest absolute Gasteiger partial charge is 0.351 e. The predicted octanol–water partition coefficient (Wildman–Crippen LogP) is 1.33. The van der Waals surface area contributed by atoms with Crippen molar-refractivity contribution in [1.29, 1.82) is 0 Å². The molecule has 1 aliphatic carbocycles. The Balaban J connectivity index is 1.68. The van der Waals surface area contributed by atoms with E-state index in [1.807, 2.05) is 0 Å². The van der Waals surface area contributed by atoms with E-state index in [0.29, 0.717) is 17.5 Å². The van der Waals surface area contributed by atoms with E-state index in [2.05, 4.69) is 15.3 Å². The maximum Gasteiger partial charge on any atom is 0.259 e. The van der Waals surface area contributed by atoms with E-state index < -0.39 is 11.6 Å². The van der Waals surface area contributed by atoms with Crippen molar-refractivity contribution in [2.75, 3.05) is 18.0 Å². The summed E-state index contributed by atoms with van der Waals surface area (Å²) in [6.07, 6.45) is 4.99. The van der Waals surface area contributed by atoms with Gasteiger partial charge < -0.3 is 10.2 Å². The fourth-order valence-electron chi connectivity index (χ4n) is 2.14. The molecule has 19 heavy (non-hydrogen) atoms. The molecular formula is C12H14ClFN4O. The molecule has 1 saturated carbocycles. The van der Waals surface area contributed by atoms with Crippen LogP contribution in [-0.4, -0.2) is 40.7 Å². The summed E-state index contributed by atoms with van der Waals surface area (Å²) in [6, 6.07) is 0.168. The van der Waals surface area contributed by atoms with Crippen LogP contribution in [0.3, 0.4) is 0 Å². The predicted molar refractivity (Wildman–Crippen MR) is 68.9 cm³/mol. The van der Waals surface area contributed by atoms with E-state index in [-0.39, 0.29) is 19.0 Å². The molecular weight excluding hydrogens is 271 g/mol. The van der Waals surface area contributed by atoms with Crippen molar-refractivity contribution in [3.63, 3.8) is 0 Å². The van der Waals surface area contributed by atoms with Crippen molar-refractivity contribution in [3.05, 3.63) is 17.4 Å². The first-order valence-corrected chi connectivity index (χ1v) is 6.67. The van der Waals surface area contributed by atoms with Crippen LogP contribution in [0.2, 0.25) is 5.02 Å². The van der Waals surface area contributed by atoms with E-state index in [4.69, 9.17) is 11.6 Å². The topological polar surface area (TPSA) is 58.1 Å². The summed E-state index contributed by atoms with van der Waals surface area (Å²) in [7, 11) is 0. The Kier molecular flexibility index (Phi) is 3.05. The SMILES string of the molecule is O=C(NC1CC1)C1(F)CCN(c2ncc(Cl)cn2)C1. The molecule has 0 spiro atoms. The molecule has 2 fully saturated rings. The summed E-state index contributed by atoms with van der Waals surface area (Å²) in [5.74, 6) is -0.102. The van der Waals surface area contributed by atoms with E-state index in [1.54, 1.807) is 4.90 Å². The third-order valence-electron chi connectivity index (χ3n) is 3.43. The smallest absolute Gasteiger partial charge is 0.259 e. The van der Waals surface area contributed by atoms with Gasteiger partial charge in [-0.15, -0.1) is 0 Å². The van der Waals surface area contributed by atoms with Crippen molar-refractivity contribution in [2.24, 2.45) is 0 Å². The molecule has 1 N–H and O–H groups in total. The summed E-state index contributed by atoms with van der Waals surface area (Å²) in [4.78, 5) is 21.6. The zero-order chi connectivity index (χ0) is 13.5. The lowest BCUT2D eigenvalue weighted by atomic mass is 10.1. The fraction of sp³-hybridized carbons (Fsp3) is 0.583. The second-order valence-corrected chi connectivity index (χ2v) is 5.52. The number of nitrogens with zero attached hydrogens (tertiary/aromatic N) is 3. The summed E-state index contributed by atoms with van der Waals surface area (Å²) in [5, 5.41) is 3.15. The van der Waals surface area contributed by atoms with Gasteiger partial charge in [-0.25, -0.2) is 14.4 Å². The van der Waals surface area contributed by atoms with E-state index in [0.717, 1.165) is 12.8 Å². The summed E-state index contributed by atoms with van der Waals surface area (Å²) < 4.78 is 14.6. The van der Waals surface area contributed by atoms with Crippen molar-refractivity contribution >= 4 is 23.5 Å². The van der Waals surface area contributed by atoms with Gasteiger partial charge in [-0.1, -0.05) is 11.6 Å². The third kappa shape index (κ3) is 2.63. The molecule has 0 aromatic carbocycles. The number of halogens is 2. The first-order valence-electron chi connectivity index (χ1n) is 6.29. The van der Waals surface area contributed by atoms with Crippen LogP contribution in [0.1, 0.15) is 19.3 Å². The Morgan fingerprint density at radius 2 is 2.16 bits per heavy atom. The first kappa shape index (κ1) is 12.6. The van der Waals surface area contributed by atoms with Crippen molar-refractivity contribution < 1.29 is 9.18 Å². The summed E-state index contributed by atoms with van der Waals surface area (Å²) in [5.41, 5.74) is -1.84. The van der Waals surface area contributed by atoms with E-state index in [9.17, 15) is 9.18 Å². The van der Waals surface area contributed by atoms with E-state index in [1.165, 1.54) is 12.4 Å². The van der Waals surface area contributed by atoms with Gasteiger partial charge in [0.15, 0.2) is 0 Å². The van der Waals surface area contributed by atoms with Gasteiger partial charge in [-0.05, 0) is 12.8 Å². The highest BCUT2D eigenvalue weighted by Crippen LogP contribution is 2.30. The average Bonchev–Trinajstić information content (AvgIpc) is 3.11. The van der Waals surface area contributed by atoms with Gasteiger partial charge >= 0.3 is 0 Å². The number of carbonyl (C=O) groups excluding carboxylic acids is 1. The van der Waals surface area contributed by atoms with Crippen molar-refractivity contribution in [1.82, 2.24) is 15.3 Å². The minimum Gasteiger partial charge on any atom is -0.351 e. The lowest BCUT2D eigenvalue weighted by molar-refractivity contribution is -0.131. The first-order chi connectivity index (χ1) is 9.07. The number of rotatable bonds is 3. The molecule has 1 aromatic heterocycles. The lowest BCUT2D eigenvalue weighted by Gasteiger charge is -2.20. The maximum atomic E-state index is 14.6. The highest BCUT2D eigenvalue weighted by atomic mass is 35.5. The monoisotopic (exact) mass is 284 g/mol. The zero-order valence-corrected chi connectivity index (χ0v) is 11.0. The second kappa shape index (κ2) is 4.59. The van der Waals surface area contributed by atoms with Gasteiger partial charge in [0.25, 0.3) is 5.91 Å². The van der Waals surface area contributed by atoms with Crippen LogP contribution >= 0.6 is 11.6 Å². The van der Waals surface area contributed by atoms with Crippen LogP contribution in [0.25, 0.3) is 0 Å². The van der Waals surface area contributed by atoms with Crippen LogP contribution in [0.5, 0.6) is 0 Å². The maximum absolute atomic E-state index is 14.6. The highest BCUT2D eigenvalue weighted by molar-refractivity contribution is 6.30. The van der Waals surface area contributed by atoms with Gasteiger partial charge in [0.05, 0.1) is 24.0 Å². The Morgan fingerprint density at radius 1 is 1.47 bits per heavy atom. The molecule has 5 nitrogen and oxygen atoms in total. The molecule has 2 aliphatic rings. The standard InChI is InChI=1S/C12H14ClFN4O/c13-8-5-15-11(16-6-8)18-4-3-12(14,7-18)10(19)17-9-1-2-9/h5-6,9H,1-4,7H2,(H,17,19). The number of alkyl halides is 1. The minimum absolute atomic E-state index is 0.00676. The molecule has 3 rings (SSSR count). The van der Waals surface area contributed by atoms with Gasteiger partial charge in [-0.3, -0.25) is 4.79 Å². The number of nitrogens with one attached hydrogen (secondary N) is 1. The van der Waals surface area contributed by atoms with E-state index >= 15 is 0 Å². The van der Waals surface area contributed by atoms with Crippen molar-refractivity contribution in [3.8, 4) is 0 Å². The van der Waals surface area contributed by atoms with Gasteiger partial charge in [0, 0.05) is 19.0 Å². The Morgan fingerprint density at radius 3 is 2.79 bits per heavy atom. The number of aromatic nitrogens is 2. The number of hydrogen-bond donors (Lipinski definition) is 1. The third-order valence-corrected chi connectivity index (χ3v) is 3.62. The van der Waals surface area contributed by atoms with Crippen LogP contribution in [-0.2, 0) is 4.79 Å².